The fourth-order valence-corrected chi connectivity index (χ4v) is 4.37. The highest BCUT2D eigenvalue weighted by molar-refractivity contribution is 7.99. The molecule has 2 aromatic carbocycles. The number of methoxy groups -OCH3 is 1. The van der Waals surface area contributed by atoms with Crippen molar-refractivity contribution >= 4 is 23.3 Å². The number of carbonyl (C=O) groups excluding carboxylic acids is 1. The quantitative estimate of drug-likeness (QED) is 0.313. The van der Waals surface area contributed by atoms with Gasteiger partial charge in [-0.05, 0) is 42.2 Å². The molecule has 2 heterocycles. The Balaban J connectivity index is 1.45. The molecule has 0 aliphatic heterocycles. The normalized spacial score (nSPS) is 12.0. The van der Waals surface area contributed by atoms with Crippen LogP contribution < -0.4 is 10.1 Å². The first-order chi connectivity index (χ1) is 15.5. The predicted octanol–water partition coefficient (Wildman–Crippen LogP) is 4.73. The molecule has 0 spiro atoms. The Morgan fingerprint density at radius 2 is 1.91 bits per heavy atom. The highest BCUT2D eigenvalue weighted by atomic mass is 32.2. The second kappa shape index (κ2) is 9.87. The van der Waals surface area contributed by atoms with E-state index in [1.54, 1.807) is 11.6 Å². The number of hydrogen-bond donors (Lipinski definition) is 1. The molecule has 0 saturated heterocycles. The first kappa shape index (κ1) is 21.9. The van der Waals surface area contributed by atoms with E-state index in [1.807, 2.05) is 61.7 Å². The number of nitrogens with one attached hydrogen (secondary N) is 1. The molecule has 0 radical (unpaired) electrons. The molecule has 0 aliphatic carbocycles. The van der Waals surface area contributed by atoms with Gasteiger partial charge in [-0.15, -0.1) is 0 Å². The molecule has 4 aromatic rings. The van der Waals surface area contributed by atoms with Crippen LogP contribution in [0.4, 0.5) is 0 Å². The van der Waals surface area contributed by atoms with Gasteiger partial charge in [-0.2, -0.15) is 5.10 Å². The van der Waals surface area contributed by atoms with Crippen molar-refractivity contribution in [2.75, 3.05) is 19.4 Å². The van der Waals surface area contributed by atoms with Crippen molar-refractivity contribution in [2.24, 2.45) is 0 Å². The summed E-state index contributed by atoms with van der Waals surface area (Å²) in [7, 11) is 1.65. The lowest BCUT2D eigenvalue weighted by atomic mass is 10.0. The molecule has 32 heavy (non-hydrogen) atoms. The highest BCUT2D eigenvalue weighted by Crippen LogP contribution is 2.28. The SMILES string of the molecule is COc1ccc(-c2cnn3c(SCC(=O)NC[C@H](C)c4ccccc4)cc(C)nc23)cc1. The zero-order valence-corrected chi connectivity index (χ0v) is 19.2. The number of fused-ring (bicyclic) bond motifs is 1. The highest BCUT2D eigenvalue weighted by Gasteiger charge is 2.14. The van der Waals surface area contributed by atoms with Gasteiger partial charge in [0.25, 0.3) is 0 Å². The smallest absolute Gasteiger partial charge is 0.230 e. The number of nitrogens with zero attached hydrogens (tertiary/aromatic N) is 3. The van der Waals surface area contributed by atoms with E-state index < -0.39 is 0 Å². The fourth-order valence-electron chi connectivity index (χ4n) is 3.48. The van der Waals surface area contributed by atoms with Crippen LogP contribution in [0.3, 0.4) is 0 Å². The summed E-state index contributed by atoms with van der Waals surface area (Å²) in [4.78, 5) is 17.2. The Hall–Kier alpha value is -3.32. The Bertz CT molecular complexity index is 1210. The minimum atomic E-state index is 0.00271. The molecule has 0 unspecified atom stereocenters. The van der Waals surface area contributed by atoms with E-state index in [-0.39, 0.29) is 11.8 Å². The first-order valence-electron chi connectivity index (χ1n) is 10.5. The standard InChI is InChI=1S/C25H26N4O2S/c1-17(19-7-5-4-6-8-19)14-26-23(30)16-32-24-13-18(2)28-25-22(15-27-29(24)25)20-9-11-21(31-3)12-10-20/h4-13,15,17H,14,16H2,1-3H3,(H,26,30)/t17-/m0/s1. The largest absolute Gasteiger partial charge is 0.497 e. The number of carbonyl (C=O) groups is 1. The number of ether oxygens (including phenoxy) is 1. The third-order valence-electron chi connectivity index (χ3n) is 5.29. The Morgan fingerprint density at radius 3 is 2.62 bits per heavy atom. The Labute approximate surface area is 192 Å². The van der Waals surface area contributed by atoms with Crippen molar-refractivity contribution < 1.29 is 9.53 Å². The van der Waals surface area contributed by atoms with E-state index in [4.69, 9.17) is 9.72 Å². The third kappa shape index (κ3) is 4.94. The van der Waals surface area contributed by atoms with E-state index in [1.165, 1.54) is 17.3 Å². The van der Waals surface area contributed by atoms with Gasteiger partial charge in [0, 0.05) is 17.8 Å². The number of benzene rings is 2. The molecule has 0 saturated carbocycles. The predicted molar refractivity (Wildman–Crippen MR) is 128 cm³/mol. The number of aryl methyl sites for hydroxylation is 1. The second-order valence-electron chi connectivity index (χ2n) is 7.66. The third-order valence-corrected chi connectivity index (χ3v) is 6.29. The fraction of sp³-hybridized carbons (Fsp3) is 0.240. The second-order valence-corrected chi connectivity index (χ2v) is 8.66. The summed E-state index contributed by atoms with van der Waals surface area (Å²) in [5, 5.41) is 8.47. The summed E-state index contributed by atoms with van der Waals surface area (Å²) < 4.78 is 7.05. The van der Waals surface area contributed by atoms with Gasteiger partial charge < -0.3 is 10.1 Å². The van der Waals surface area contributed by atoms with Crippen LogP contribution in [0.5, 0.6) is 5.75 Å². The maximum Gasteiger partial charge on any atom is 0.230 e. The summed E-state index contributed by atoms with van der Waals surface area (Å²) in [5.41, 5.74) is 4.83. The molecule has 1 amide bonds. The van der Waals surface area contributed by atoms with Crippen LogP contribution in [-0.4, -0.2) is 39.9 Å². The van der Waals surface area contributed by atoms with E-state index >= 15 is 0 Å². The Kier molecular flexibility index (Phi) is 6.75. The van der Waals surface area contributed by atoms with Crippen molar-refractivity contribution in [1.29, 1.82) is 0 Å². The minimum absolute atomic E-state index is 0.00271. The molecule has 1 N–H and O–H groups in total. The van der Waals surface area contributed by atoms with Gasteiger partial charge in [0.2, 0.25) is 5.91 Å². The average Bonchev–Trinajstić information content (AvgIpc) is 3.25. The maximum atomic E-state index is 12.5. The molecule has 0 fully saturated rings. The average molecular weight is 447 g/mol. The van der Waals surface area contributed by atoms with Crippen LogP contribution in [0.15, 0.2) is 71.9 Å². The van der Waals surface area contributed by atoms with Crippen molar-refractivity contribution in [3.05, 3.63) is 78.1 Å². The van der Waals surface area contributed by atoms with Gasteiger partial charge >= 0.3 is 0 Å². The lowest BCUT2D eigenvalue weighted by Crippen LogP contribution is -2.29. The number of rotatable bonds is 8. The van der Waals surface area contributed by atoms with Gasteiger partial charge in [-0.3, -0.25) is 4.79 Å². The van der Waals surface area contributed by atoms with E-state index in [9.17, 15) is 4.79 Å². The topological polar surface area (TPSA) is 68.5 Å². The van der Waals surface area contributed by atoms with Crippen molar-refractivity contribution in [3.63, 3.8) is 0 Å². The van der Waals surface area contributed by atoms with Crippen LogP contribution in [0.1, 0.15) is 24.1 Å². The lowest BCUT2D eigenvalue weighted by Gasteiger charge is -2.13. The summed E-state index contributed by atoms with van der Waals surface area (Å²) in [5.74, 6) is 1.39. The molecular weight excluding hydrogens is 420 g/mol. The minimum Gasteiger partial charge on any atom is -0.497 e. The van der Waals surface area contributed by atoms with E-state index in [0.717, 1.165) is 33.2 Å². The summed E-state index contributed by atoms with van der Waals surface area (Å²) >= 11 is 1.46. The van der Waals surface area contributed by atoms with Gasteiger partial charge in [-0.25, -0.2) is 9.50 Å². The molecule has 1 atom stereocenters. The van der Waals surface area contributed by atoms with Gasteiger partial charge in [0.15, 0.2) is 5.65 Å². The van der Waals surface area contributed by atoms with Crippen LogP contribution >= 0.6 is 11.8 Å². The van der Waals surface area contributed by atoms with Gasteiger partial charge in [-0.1, -0.05) is 61.2 Å². The van der Waals surface area contributed by atoms with E-state index in [0.29, 0.717) is 12.3 Å². The zero-order valence-electron chi connectivity index (χ0n) is 18.4. The zero-order chi connectivity index (χ0) is 22.5. The van der Waals surface area contributed by atoms with Gasteiger partial charge in [0.1, 0.15) is 10.8 Å². The molecule has 2 aromatic heterocycles. The molecule has 164 valence electrons. The molecule has 7 heteroatoms. The number of hydrogen-bond acceptors (Lipinski definition) is 5. The summed E-state index contributed by atoms with van der Waals surface area (Å²) in [6.45, 7) is 4.68. The van der Waals surface area contributed by atoms with Crippen molar-refractivity contribution in [1.82, 2.24) is 19.9 Å². The van der Waals surface area contributed by atoms with Crippen LogP contribution in [0.2, 0.25) is 0 Å². The number of aromatic nitrogens is 3. The molecule has 6 nitrogen and oxygen atoms in total. The van der Waals surface area contributed by atoms with E-state index in [2.05, 4.69) is 29.5 Å². The summed E-state index contributed by atoms with van der Waals surface area (Å²) in [6.07, 6.45) is 1.81. The van der Waals surface area contributed by atoms with Crippen LogP contribution in [0.25, 0.3) is 16.8 Å². The molecule has 4 rings (SSSR count). The Morgan fingerprint density at radius 1 is 1.16 bits per heavy atom. The van der Waals surface area contributed by atoms with Gasteiger partial charge in [0.05, 0.1) is 19.1 Å². The summed E-state index contributed by atoms with van der Waals surface area (Å²) in [6, 6.07) is 20.0. The van der Waals surface area contributed by atoms with Crippen LogP contribution in [0, 0.1) is 6.92 Å². The monoisotopic (exact) mass is 446 g/mol. The molecule has 0 bridgehead atoms. The number of amides is 1. The lowest BCUT2D eigenvalue weighted by molar-refractivity contribution is -0.118. The first-order valence-corrected chi connectivity index (χ1v) is 11.5. The molecule has 0 aliphatic rings. The van der Waals surface area contributed by atoms with Crippen molar-refractivity contribution in [2.45, 2.75) is 24.8 Å². The molecular formula is C25H26N4O2S. The van der Waals surface area contributed by atoms with Crippen LogP contribution in [-0.2, 0) is 4.79 Å². The number of thioether (sulfide) groups is 1. The van der Waals surface area contributed by atoms with Crippen molar-refractivity contribution in [3.8, 4) is 16.9 Å². The maximum absolute atomic E-state index is 12.5.